The number of nitrogens with zero attached hydrogens (tertiary/aromatic N) is 2. The van der Waals surface area contributed by atoms with Gasteiger partial charge in [-0.15, -0.1) is 0 Å². The van der Waals surface area contributed by atoms with Gasteiger partial charge in [0.15, 0.2) is 0 Å². The zero-order chi connectivity index (χ0) is 44.7. The van der Waals surface area contributed by atoms with Gasteiger partial charge in [0.2, 0.25) is 0 Å². The molecule has 2 aromatic heterocycles. The summed E-state index contributed by atoms with van der Waals surface area (Å²) in [5.74, 6) is 0. The maximum Gasteiger partial charge on any atom is 0.0547 e. The second kappa shape index (κ2) is 15.3. The number of aromatic nitrogens is 2. The molecule has 12 aromatic carbocycles. The molecule has 2 heteroatoms. The first-order chi connectivity index (χ1) is 33.8. The molecule has 0 saturated heterocycles. The van der Waals surface area contributed by atoms with E-state index in [0.717, 1.165) is 11.4 Å². The first-order valence-corrected chi connectivity index (χ1v) is 23.5. The van der Waals surface area contributed by atoms with E-state index in [1.165, 1.54) is 120 Å². The Morgan fingerprint density at radius 2 is 0.603 bits per heavy atom. The normalized spacial score (nSPS) is 11.8. The standard InChI is InChI=1S/C66H42N2/c1-4-20-43(21-5-1)47-30-14-22-44-23-15-37-56(63(44)47)64-52-33-16-31-48(50-35-18-40-61-65(50)54-28-10-12-38-59(54)67(61)45-24-6-2-7-25-45)57(52)42-58-49(32-17-34-53(58)64)51-36-19-41-62-66(51)55-29-11-13-39-60(55)68(62)46-26-8-3-9-27-46/h1-42H. The summed E-state index contributed by atoms with van der Waals surface area (Å²) in [6.45, 7) is 0. The smallest absolute Gasteiger partial charge is 0.0547 e. The van der Waals surface area contributed by atoms with Crippen molar-refractivity contribution >= 4 is 75.9 Å². The fourth-order valence-corrected chi connectivity index (χ4v) is 11.5. The van der Waals surface area contributed by atoms with Gasteiger partial charge >= 0.3 is 0 Å². The zero-order valence-electron chi connectivity index (χ0n) is 37.1. The highest BCUT2D eigenvalue weighted by atomic mass is 15.0. The van der Waals surface area contributed by atoms with E-state index < -0.39 is 0 Å². The summed E-state index contributed by atoms with van der Waals surface area (Å²) >= 11 is 0. The maximum atomic E-state index is 2.51. The van der Waals surface area contributed by atoms with Crippen molar-refractivity contribution in [3.8, 4) is 55.9 Å². The summed E-state index contributed by atoms with van der Waals surface area (Å²) in [4.78, 5) is 0. The number of fused-ring (bicyclic) bond motifs is 9. The molecule has 0 amide bonds. The highest BCUT2D eigenvalue weighted by Crippen LogP contribution is 2.49. The molecule has 0 saturated carbocycles. The molecule has 0 spiro atoms. The van der Waals surface area contributed by atoms with Crippen LogP contribution in [0.25, 0.3) is 132 Å². The first-order valence-electron chi connectivity index (χ1n) is 23.5. The van der Waals surface area contributed by atoms with Crippen LogP contribution >= 0.6 is 0 Å². The number of hydrogen-bond acceptors (Lipinski definition) is 0. The molecule has 68 heavy (non-hydrogen) atoms. The summed E-state index contributed by atoms with van der Waals surface area (Å²) in [6.07, 6.45) is 0. The van der Waals surface area contributed by atoms with Gasteiger partial charge in [0, 0.05) is 32.9 Å². The van der Waals surface area contributed by atoms with E-state index in [9.17, 15) is 0 Å². The molecule has 0 atom stereocenters. The lowest BCUT2D eigenvalue weighted by atomic mass is 9.83. The highest BCUT2D eigenvalue weighted by Gasteiger charge is 2.23. The van der Waals surface area contributed by atoms with Gasteiger partial charge in [-0.25, -0.2) is 0 Å². The fourth-order valence-electron chi connectivity index (χ4n) is 11.5. The van der Waals surface area contributed by atoms with Crippen molar-refractivity contribution in [1.82, 2.24) is 9.13 Å². The minimum Gasteiger partial charge on any atom is -0.309 e. The summed E-state index contributed by atoms with van der Waals surface area (Å²) in [6, 6.07) is 93.9. The molecule has 14 rings (SSSR count). The molecule has 316 valence electrons. The molecule has 0 bridgehead atoms. The van der Waals surface area contributed by atoms with Gasteiger partial charge in [-0.1, -0.05) is 200 Å². The van der Waals surface area contributed by atoms with Gasteiger partial charge in [-0.2, -0.15) is 0 Å². The van der Waals surface area contributed by atoms with Crippen molar-refractivity contribution in [3.05, 3.63) is 255 Å². The Morgan fingerprint density at radius 3 is 1.13 bits per heavy atom. The topological polar surface area (TPSA) is 9.86 Å². The van der Waals surface area contributed by atoms with Crippen molar-refractivity contribution in [3.63, 3.8) is 0 Å². The molecular formula is C66H42N2. The van der Waals surface area contributed by atoms with Crippen LogP contribution in [0.1, 0.15) is 0 Å². The van der Waals surface area contributed by atoms with Crippen LogP contribution in [0.4, 0.5) is 0 Å². The Labute approximate surface area is 393 Å². The van der Waals surface area contributed by atoms with E-state index in [4.69, 9.17) is 0 Å². The largest absolute Gasteiger partial charge is 0.309 e. The van der Waals surface area contributed by atoms with Gasteiger partial charge in [0.1, 0.15) is 0 Å². The van der Waals surface area contributed by atoms with Crippen LogP contribution in [0.5, 0.6) is 0 Å². The summed E-state index contributed by atoms with van der Waals surface area (Å²) in [7, 11) is 0. The van der Waals surface area contributed by atoms with E-state index in [1.54, 1.807) is 0 Å². The number of para-hydroxylation sites is 4. The Balaban J connectivity index is 1.14. The second-order valence-corrected chi connectivity index (χ2v) is 17.9. The lowest BCUT2D eigenvalue weighted by Crippen LogP contribution is -1.94. The van der Waals surface area contributed by atoms with Gasteiger partial charge in [-0.3, -0.25) is 0 Å². The SMILES string of the molecule is c1ccc(-c2cccc3cccc(-c4c5cccc(-c6cccc7c6c6ccccc6n7-c6ccccc6)c5cc5c(-c6cccc7c6c6ccccc6n7-c6ccccc6)cccc45)c23)cc1. The summed E-state index contributed by atoms with van der Waals surface area (Å²) in [5.41, 5.74) is 16.9. The average Bonchev–Trinajstić information content (AvgIpc) is 3.94. The minimum atomic E-state index is 1.15. The number of benzene rings is 12. The molecule has 2 heterocycles. The van der Waals surface area contributed by atoms with Crippen LogP contribution in [0.3, 0.4) is 0 Å². The Kier molecular flexibility index (Phi) is 8.62. The van der Waals surface area contributed by atoms with Crippen molar-refractivity contribution in [1.29, 1.82) is 0 Å². The quantitative estimate of drug-likeness (QED) is 0.147. The van der Waals surface area contributed by atoms with Crippen molar-refractivity contribution < 1.29 is 0 Å². The molecule has 0 fully saturated rings. The lowest BCUT2D eigenvalue weighted by Gasteiger charge is -2.20. The van der Waals surface area contributed by atoms with E-state index in [1.807, 2.05) is 0 Å². The van der Waals surface area contributed by atoms with Crippen LogP contribution in [0, 0.1) is 0 Å². The van der Waals surface area contributed by atoms with Crippen LogP contribution < -0.4 is 0 Å². The van der Waals surface area contributed by atoms with E-state index in [0.29, 0.717) is 0 Å². The Morgan fingerprint density at radius 1 is 0.221 bits per heavy atom. The van der Waals surface area contributed by atoms with E-state index >= 15 is 0 Å². The zero-order valence-corrected chi connectivity index (χ0v) is 37.1. The van der Waals surface area contributed by atoms with Crippen molar-refractivity contribution in [2.24, 2.45) is 0 Å². The predicted molar refractivity (Wildman–Crippen MR) is 289 cm³/mol. The van der Waals surface area contributed by atoms with Crippen LogP contribution in [-0.4, -0.2) is 9.13 Å². The van der Waals surface area contributed by atoms with Gasteiger partial charge in [-0.05, 0) is 131 Å². The number of hydrogen-bond donors (Lipinski definition) is 0. The third-order valence-electron chi connectivity index (χ3n) is 14.3. The second-order valence-electron chi connectivity index (χ2n) is 17.9. The summed E-state index contributed by atoms with van der Waals surface area (Å²) in [5, 5.41) is 12.4. The van der Waals surface area contributed by atoms with Gasteiger partial charge in [0.05, 0.1) is 22.1 Å². The third kappa shape index (κ3) is 5.71. The minimum absolute atomic E-state index is 1.15. The highest BCUT2D eigenvalue weighted by molar-refractivity contribution is 6.26. The first kappa shape index (κ1) is 38.3. The van der Waals surface area contributed by atoms with Crippen LogP contribution in [0.15, 0.2) is 255 Å². The predicted octanol–water partition coefficient (Wildman–Crippen LogP) is 18.0. The third-order valence-corrected chi connectivity index (χ3v) is 14.3. The van der Waals surface area contributed by atoms with Crippen molar-refractivity contribution in [2.75, 3.05) is 0 Å². The van der Waals surface area contributed by atoms with Gasteiger partial charge in [0.25, 0.3) is 0 Å². The summed E-state index contributed by atoms with van der Waals surface area (Å²) < 4.78 is 4.85. The molecule has 0 aliphatic rings. The number of rotatable bonds is 6. The van der Waals surface area contributed by atoms with Crippen LogP contribution in [-0.2, 0) is 0 Å². The van der Waals surface area contributed by atoms with Crippen LogP contribution in [0.2, 0.25) is 0 Å². The monoisotopic (exact) mass is 862 g/mol. The van der Waals surface area contributed by atoms with Gasteiger partial charge < -0.3 is 9.13 Å². The fraction of sp³-hybridized carbons (Fsp3) is 0. The lowest BCUT2D eigenvalue weighted by molar-refractivity contribution is 1.18. The Bertz CT molecular complexity index is 4070. The Hall–Kier alpha value is -8.98. The molecule has 0 unspecified atom stereocenters. The van der Waals surface area contributed by atoms with E-state index in [-0.39, 0.29) is 0 Å². The van der Waals surface area contributed by atoms with Crippen molar-refractivity contribution in [2.45, 2.75) is 0 Å². The molecular weight excluding hydrogens is 821 g/mol. The molecule has 0 N–H and O–H groups in total. The molecule has 14 aromatic rings. The van der Waals surface area contributed by atoms with E-state index in [2.05, 4.69) is 264 Å². The molecule has 0 aliphatic heterocycles. The molecule has 0 radical (unpaired) electrons. The molecule has 2 nitrogen and oxygen atoms in total. The average molecular weight is 863 g/mol. The molecule has 0 aliphatic carbocycles. The maximum absolute atomic E-state index is 2.51.